The molecule has 1 fully saturated rings. The van der Waals surface area contributed by atoms with Crippen LogP contribution in [0.5, 0.6) is 5.75 Å². The van der Waals surface area contributed by atoms with E-state index in [0.717, 1.165) is 25.1 Å². The maximum Gasteiger partial charge on any atom is 0.259 e. The van der Waals surface area contributed by atoms with Crippen molar-refractivity contribution in [3.05, 3.63) is 83.4 Å². The number of methoxy groups -OCH3 is 1. The Morgan fingerprint density at radius 1 is 1.09 bits per heavy atom. The average Bonchev–Trinajstić information content (AvgIpc) is 2.84. The molecular weight excluding hydrogens is 404 g/mol. The Morgan fingerprint density at radius 2 is 1.84 bits per heavy atom. The van der Waals surface area contributed by atoms with Gasteiger partial charge in [-0.1, -0.05) is 18.2 Å². The summed E-state index contributed by atoms with van der Waals surface area (Å²) < 4.78 is 5.14. The van der Waals surface area contributed by atoms with Crippen molar-refractivity contribution in [2.75, 3.05) is 25.5 Å². The van der Waals surface area contributed by atoms with Crippen molar-refractivity contribution in [2.45, 2.75) is 25.7 Å². The summed E-state index contributed by atoms with van der Waals surface area (Å²) in [6, 6.07) is 16.4. The van der Waals surface area contributed by atoms with Gasteiger partial charge in [-0.05, 0) is 56.2 Å². The normalized spacial score (nSPS) is 15.8. The fourth-order valence-electron chi connectivity index (χ4n) is 3.91. The molecule has 1 atom stereocenters. The predicted octanol–water partition coefficient (Wildman–Crippen LogP) is 4.07. The summed E-state index contributed by atoms with van der Waals surface area (Å²) in [5.74, 6) is 1.22. The first kappa shape index (κ1) is 21.5. The summed E-state index contributed by atoms with van der Waals surface area (Å²) in [6.45, 7) is 3.11. The minimum Gasteiger partial charge on any atom is -0.497 e. The van der Waals surface area contributed by atoms with E-state index in [1.165, 1.54) is 0 Å². The Morgan fingerprint density at radius 3 is 2.53 bits per heavy atom. The third-order valence-corrected chi connectivity index (χ3v) is 5.68. The van der Waals surface area contributed by atoms with Crippen molar-refractivity contribution in [1.82, 2.24) is 14.9 Å². The third kappa shape index (κ3) is 4.77. The molecule has 7 nitrogen and oxygen atoms in total. The Bertz CT molecular complexity index is 1100. The second kappa shape index (κ2) is 9.60. The molecule has 7 heteroatoms. The highest BCUT2D eigenvalue weighted by Gasteiger charge is 2.27. The van der Waals surface area contributed by atoms with Crippen molar-refractivity contribution in [3.63, 3.8) is 0 Å². The number of piperidine rings is 1. The summed E-state index contributed by atoms with van der Waals surface area (Å²) in [4.78, 5) is 36.5. The quantitative estimate of drug-likeness (QED) is 0.660. The molecule has 0 radical (unpaired) electrons. The van der Waals surface area contributed by atoms with Crippen LogP contribution in [0.2, 0.25) is 0 Å². The van der Waals surface area contributed by atoms with Crippen LogP contribution in [-0.4, -0.2) is 46.9 Å². The van der Waals surface area contributed by atoms with E-state index in [-0.39, 0.29) is 17.7 Å². The first-order valence-electron chi connectivity index (χ1n) is 10.7. The molecule has 4 rings (SSSR count). The lowest BCUT2D eigenvalue weighted by Crippen LogP contribution is -2.39. The van der Waals surface area contributed by atoms with Gasteiger partial charge in [-0.2, -0.15) is 0 Å². The van der Waals surface area contributed by atoms with Crippen LogP contribution in [-0.2, 0) is 0 Å². The number of anilines is 1. The molecular formula is C25H26N4O3. The van der Waals surface area contributed by atoms with Gasteiger partial charge < -0.3 is 15.0 Å². The van der Waals surface area contributed by atoms with Crippen molar-refractivity contribution >= 4 is 17.5 Å². The summed E-state index contributed by atoms with van der Waals surface area (Å²) in [5.41, 5.74) is 2.41. The molecule has 2 heterocycles. The van der Waals surface area contributed by atoms with Gasteiger partial charge in [0, 0.05) is 36.5 Å². The van der Waals surface area contributed by atoms with E-state index in [2.05, 4.69) is 15.3 Å². The molecule has 0 saturated carbocycles. The second-order valence-corrected chi connectivity index (χ2v) is 7.87. The molecule has 3 aromatic rings. The topological polar surface area (TPSA) is 84.4 Å². The molecule has 0 spiro atoms. The number of nitrogens with zero attached hydrogens (tertiary/aromatic N) is 3. The highest BCUT2D eigenvalue weighted by Crippen LogP contribution is 2.26. The zero-order valence-electron chi connectivity index (χ0n) is 18.2. The number of rotatable bonds is 5. The van der Waals surface area contributed by atoms with Gasteiger partial charge >= 0.3 is 0 Å². The number of hydrogen-bond donors (Lipinski definition) is 1. The lowest BCUT2D eigenvalue weighted by atomic mass is 9.96. The van der Waals surface area contributed by atoms with Crippen molar-refractivity contribution in [3.8, 4) is 5.75 Å². The minimum absolute atomic E-state index is 0.0301. The van der Waals surface area contributed by atoms with Crippen LogP contribution in [0.4, 0.5) is 5.69 Å². The molecule has 2 aromatic carbocycles. The Labute approximate surface area is 187 Å². The SMILES string of the molecule is COc1ccc(NC(=O)c2cnc(C3CCCN(C(=O)c4ccccc4)C3)nc2C)cc1. The molecule has 0 aliphatic carbocycles. The van der Waals surface area contributed by atoms with Gasteiger partial charge in [0.1, 0.15) is 11.6 Å². The number of hydrogen-bond acceptors (Lipinski definition) is 5. The van der Waals surface area contributed by atoms with Crippen LogP contribution in [0.15, 0.2) is 60.8 Å². The minimum atomic E-state index is -0.260. The van der Waals surface area contributed by atoms with Crippen LogP contribution in [0.1, 0.15) is 51.0 Å². The number of aryl methyl sites for hydroxylation is 1. The Hall–Kier alpha value is -3.74. The summed E-state index contributed by atoms with van der Waals surface area (Å²) in [7, 11) is 1.60. The van der Waals surface area contributed by atoms with E-state index in [4.69, 9.17) is 4.74 Å². The zero-order chi connectivity index (χ0) is 22.5. The van der Waals surface area contributed by atoms with Crippen LogP contribution in [0.3, 0.4) is 0 Å². The van der Waals surface area contributed by atoms with Gasteiger partial charge in [-0.15, -0.1) is 0 Å². The molecule has 1 saturated heterocycles. The van der Waals surface area contributed by atoms with E-state index in [1.807, 2.05) is 42.2 Å². The number of ether oxygens (including phenoxy) is 1. The first-order valence-corrected chi connectivity index (χ1v) is 10.7. The van der Waals surface area contributed by atoms with Gasteiger partial charge in [0.2, 0.25) is 0 Å². The number of nitrogens with one attached hydrogen (secondary N) is 1. The van der Waals surface area contributed by atoms with Crippen molar-refractivity contribution in [1.29, 1.82) is 0 Å². The number of amides is 2. The smallest absolute Gasteiger partial charge is 0.259 e. The number of benzene rings is 2. The first-order chi connectivity index (χ1) is 15.5. The fraction of sp³-hybridized carbons (Fsp3) is 0.280. The molecule has 2 amide bonds. The second-order valence-electron chi connectivity index (χ2n) is 7.87. The van der Waals surface area contributed by atoms with Crippen LogP contribution >= 0.6 is 0 Å². The van der Waals surface area contributed by atoms with Crippen molar-refractivity contribution < 1.29 is 14.3 Å². The average molecular weight is 431 g/mol. The van der Waals surface area contributed by atoms with Crippen LogP contribution in [0, 0.1) is 6.92 Å². The van der Waals surface area contributed by atoms with Crippen LogP contribution < -0.4 is 10.1 Å². The van der Waals surface area contributed by atoms with Gasteiger partial charge in [-0.3, -0.25) is 9.59 Å². The lowest BCUT2D eigenvalue weighted by molar-refractivity contribution is 0.0704. The maximum atomic E-state index is 12.8. The van der Waals surface area contributed by atoms with Gasteiger partial charge in [0.15, 0.2) is 0 Å². The molecule has 1 aromatic heterocycles. The predicted molar refractivity (Wildman–Crippen MR) is 122 cm³/mol. The summed E-state index contributed by atoms with van der Waals surface area (Å²) in [5, 5.41) is 2.86. The van der Waals surface area contributed by atoms with Crippen molar-refractivity contribution in [2.24, 2.45) is 0 Å². The molecule has 1 aliphatic heterocycles. The Kier molecular flexibility index (Phi) is 6.44. The highest BCUT2D eigenvalue weighted by molar-refractivity contribution is 6.04. The molecule has 1 N–H and O–H groups in total. The van der Waals surface area contributed by atoms with Crippen LogP contribution in [0.25, 0.3) is 0 Å². The number of carbonyl (C=O) groups is 2. The number of likely N-dealkylation sites (tertiary alicyclic amines) is 1. The number of aromatic nitrogens is 2. The summed E-state index contributed by atoms with van der Waals surface area (Å²) >= 11 is 0. The van der Waals surface area contributed by atoms with Gasteiger partial charge in [0.25, 0.3) is 11.8 Å². The standard InChI is InChI=1S/C25H26N4O3/c1-17-22(24(30)28-20-10-12-21(32-2)13-11-20)15-26-23(27-17)19-9-6-14-29(16-19)25(31)18-7-4-3-5-8-18/h3-5,7-8,10-13,15,19H,6,9,14,16H2,1-2H3,(H,28,30). The van der Waals surface area contributed by atoms with E-state index in [9.17, 15) is 9.59 Å². The Balaban J connectivity index is 1.45. The van der Waals surface area contributed by atoms with E-state index in [0.29, 0.717) is 34.9 Å². The maximum absolute atomic E-state index is 12.8. The van der Waals surface area contributed by atoms with E-state index in [1.54, 1.807) is 37.6 Å². The molecule has 32 heavy (non-hydrogen) atoms. The summed E-state index contributed by atoms with van der Waals surface area (Å²) in [6.07, 6.45) is 3.38. The third-order valence-electron chi connectivity index (χ3n) is 5.68. The molecule has 164 valence electrons. The van der Waals surface area contributed by atoms with Gasteiger partial charge in [-0.25, -0.2) is 9.97 Å². The monoisotopic (exact) mass is 430 g/mol. The fourth-order valence-corrected chi connectivity index (χ4v) is 3.91. The molecule has 1 unspecified atom stereocenters. The molecule has 1 aliphatic rings. The number of carbonyl (C=O) groups excluding carboxylic acids is 2. The van der Waals surface area contributed by atoms with E-state index >= 15 is 0 Å². The lowest BCUT2D eigenvalue weighted by Gasteiger charge is -2.32. The highest BCUT2D eigenvalue weighted by atomic mass is 16.5. The molecule has 0 bridgehead atoms. The largest absolute Gasteiger partial charge is 0.497 e. The van der Waals surface area contributed by atoms with Gasteiger partial charge in [0.05, 0.1) is 18.4 Å². The zero-order valence-corrected chi connectivity index (χ0v) is 18.2. The van der Waals surface area contributed by atoms with E-state index < -0.39 is 0 Å².